The number of carbonyl (C=O) groups is 1. The Bertz CT molecular complexity index is 1480. The number of fused-ring (bicyclic) bond motifs is 2. The van der Waals surface area contributed by atoms with E-state index in [1.165, 1.54) is 0 Å². The quantitative estimate of drug-likeness (QED) is 0.419. The largest absolute Gasteiger partial charge is 0.389 e. The molecule has 0 spiro atoms. The molecule has 1 aliphatic carbocycles. The number of nitrogens with two attached hydrogens (primary N) is 1. The van der Waals surface area contributed by atoms with Crippen molar-refractivity contribution in [1.29, 1.82) is 0 Å². The topological polar surface area (TPSA) is 124 Å². The van der Waals surface area contributed by atoms with Crippen molar-refractivity contribution in [1.82, 2.24) is 29.3 Å². The molecule has 36 heavy (non-hydrogen) atoms. The third-order valence-corrected chi connectivity index (χ3v) is 6.73. The molecule has 3 N–H and O–H groups in total. The number of carbonyl (C=O) groups excluding carboxylic acids is 1. The van der Waals surface area contributed by atoms with Crippen LogP contribution in [-0.2, 0) is 16.6 Å². The van der Waals surface area contributed by atoms with Crippen molar-refractivity contribution in [2.24, 2.45) is 5.92 Å². The highest BCUT2D eigenvalue weighted by Gasteiger charge is 2.60. The first-order valence-electron chi connectivity index (χ1n) is 11.6. The van der Waals surface area contributed by atoms with Crippen LogP contribution in [-0.4, -0.2) is 41.4 Å². The van der Waals surface area contributed by atoms with Gasteiger partial charge in [-0.3, -0.25) is 9.78 Å². The Morgan fingerprint density at radius 2 is 1.97 bits per heavy atom. The van der Waals surface area contributed by atoms with E-state index in [9.17, 15) is 18.0 Å². The summed E-state index contributed by atoms with van der Waals surface area (Å²) in [6.07, 6.45) is 2.98. The molecule has 12 heteroatoms. The predicted molar refractivity (Wildman–Crippen MR) is 124 cm³/mol. The van der Waals surface area contributed by atoms with Gasteiger partial charge < -0.3 is 15.5 Å². The van der Waals surface area contributed by atoms with Crippen LogP contribution in [0.1, 0.15) is 42.6 Å². The van der Waals surface area contributed by atoms with Crippen LogP contribution in [0.25, 0.3) is 17.2 Å². The standard InChI is InChI=1S/C24H21F3N8O/c25-23(26,27)8-3-4-14-21-30-10-11-35(21)12-15(31-14)19-32-18(28)17-20(33-19)34-22(36)24(17,13-6-7-13)16-5-1-2-9-29-16/h1-2,5,9-13H,3-4,6-8H2,(H3,28,32,33,34,36). The van der Waals surface area contributed by atoms with Gasteiger partial charge in [0.1, 0.15) is 22.7 Å². The number of hydrogen-bond donors (Lipinski definition) is 2. The molecule has 9 nitrogen and oxygen atoms in total. The van der Waals surface area contributed by atoms with E-state index < -0.39 is 18.0 Å². The van der Waals surface area contributed by atoms with Crippen LogP contribution >= 0.6 is 0 Å². The first-order chi connectivity index (χ1) is 17.3. The van der Waals surface area contributed by atoms with Gasteiger partial charge in [0, 0.05) is 31.2 Å². The number of amides is 1. The second-order valence-corrected chi connectivity index (χ2v) is 9.11. The molecule has 1 atom stereocenters. The van der Waals surface area contributed by atoms with Crippen LogP contribution < -0.4 is 11.1 Å². The Balaban J connectivity index is 1.44. The number of pyridine rings is 1. The van der Waals surface area contributed by atoms with Crippen LogP contribution in [0.3, 0.4) is 0 Å². The molecule has 0 saturated heterocycles. The van der Waals surface area contributed by atoms with Gasteiger partial charge in [-0.05, 0) is 43.7 Å². The third-order valence-electron chi connectivity index (χ3n) is 6.73. The monoisotopic (exact) mass is 494 g/mol. The van der Waals surface area contributed by atoms with Crippen molar-refractivity contribution in [2.75, 3.05) is 11.1 Å². The molecule has 1 unspecified atom stereocenters. The highest BCUT2D eigenvalue weighted by molar-refractivity contribution is 6.09. The molecule has 184 valence electrons. The van der Waals surface area contributed by atoms with E-state index in [0.29, 0.717) is 34.1 Å². The zero-order valence-corrected chi connectivity index (χ0v) is 19.0. The van der Waals surface area contributed by atoms with Crippen molar-refractivity contribution >= 4 is 23.2 Å². The second kappa shape index (κ2) is 7.97. The van der Waals surface area contributed by atoms with Gasteiger partial charge >= 0.3 is 6.18 Å². The van der Waals surface area contributed by atoms with E-state index in [-0.39, 0.29) is 36.3 Å². The summed E-state index contributed by atoms with van der Waals surface area (Å²) in [4.78, 5) is 35.8. The number of nitrogens with zero attached hydrogens (tertiary/aromatic N) is 6. The summed E-state index contributed by atoms with van der Waals surface area (Å²) in [6, 6.07) is 5.42. The van der Waals surface area contributed by atoms with E-state index >= 15 is 0 Å². The molecule has 6 rings (SSSR count). The highest BCUT2D eigenvalue weighted by Crippen LogP contribution is 2.57. The van der Waals surface area contributed by atoms with Gasteiger partial charge in [0.25, 0.3) is 0 Å². The van der Waals surface area contributed by atoms with E-state index in [1.54, 1.807) is 35.3 Å². The average Bonchev–Trinajstić information content (AvgIpc) is 3.48. The lowest BCUT2D eigenvalue weighted by molar-refractivity contribution is -0.135. The first-order valence-corrected chi connectivity index (χ1v) is 11.6. The number of halogens is 3. The fourth-order valence-electron chi connectivity index (χ4n) is 5.08. The van der Waals surface area contributed by atoms with E-state index in [4.69, 9.17) is 5.73 Å². The maximum atomic E-state index is 13.4. The fourth-order valence-corrected chi connectivity index (χ4v) is 5.08. The minimum absolute atomic E-state index is 0.0334. The van der Waals surface area contributed by atoms with Crippen molar-refractivity contribution < 1.29 is 18.0 Å². The Labute approximate surface area is 203 Å². The molecule has 0 bridgehead atoms. The summed E-state index contributed by atoms with van der Waals surface area (Å²) >= 11 is 0. The molecule has 0 aromatic carbocycles. The van der Waals surface area contributed by atoms with Crippen molar-refractivity contribution in [3.05, 3.63) is 59.9 Å². The molecule has 4 aromatic heterocycles. The van der Waals surface area contributed by atoms with Crippen molar-refractivity contribution in [3.8, 4) is 11.5 Å². The minimum atomic E-state index is -4.25. The normalized spacial score (nSPS) is 19.5. The molecule has 5 heterocycles. The van der Waals surface area contributed by atoms with Crippen molar-refractivity contribution in [2.45, 2.75) is 43.7 Å². The van der Waals surface area contributed by atoms with Crippen LogP contribution in [0.4, 0.5) is 24.8 Å². The Morgan fingerprint density at radius 3 is 2.69 bits per heavy atom. The molecule has 0 radical (unpaired) electrons. The number of nitrogens with one attached hydrogen (secondary N) is 1. The predicted octanol–water partition coefficient (Wildman–Crippen LogP) is 3.70. The highest BCUT2D eigenvalue weighted by atomic mass is 19.4. The Morgan fingerprint density at radius 1 is 1.14 bits per heavy atom. The zero-order valence-electron chi connectivity index (χ0n) is 19.0. The number of hydrogen-bond acceptors (Lipinski definition) is 7. The van der Waals surface area contributed by atoms with Crippen LogP contribution in [0.15, 0.2) is 43.0 Å². The summed E-state index contributed by atoms with van der Waals surface area (Å²) in [5.74, 6) is 0.379. The number of aromatic nitrogens is 6. The molecule has 4 aromatic rings. The molecule has 1 saturated carbocycles. The van der Waals surface area contributed by atoms with E-state index in [0.717, 1.165) is 12.8 Å². The zero-order chi connectivity index (χ0) is 25.1. The van der Waals surface area contributed by atoms with Gasteiger partial charge in [-0.2, -0.15) is 13.2 Å². The average molecular weight is 494 g/mol. The molecular weight excluding hydrogens is 473 g/mol. The lowest BCUT2D eigenvalue weighted by Gasteiger charge is -2.27. The smallest absolute Gasteiger partial charge is 0.383 e. The summed E-state index contributed by atoms with van der Waals surface area (Å²) in [5, 5.41) is 2.87. The summed E-state index contributed by atoms with van der Waals surface area (Å²) in [6.45, 7) is 0. The summed E-state index contributed by atoms with van der Waals surface area (Å²) in [7, 11) is 0. The molecule has 1 amide bonds. The number of aryl methyl sites for hydroxylation is 1. The van der Waals surface area contributed by atoms with Gasteiger partial charge in [-0.25, -0.2) is 19.9 Å². The summed E-state index contributed by atoms with van der Waals surface area (Å²) in [5.41, 5.74) is 7.68. The molecular formula is C24H21F3N8O. The van der Waals surface area contributed by atoms with Gasteiger partial charge in [0.05, 0.1) is 17.0 Å². The Kier molecular flexibility index (Phi) is 4.95. The summed E-state index contributed by atoms with van der Waals surface area (Å²) < 4.78 is 39.7. The SMILES string of the molecule is Nc1nc(-c2cn3ccnc3c(CCCC(F)(F)F)n2)nc2c1C(c1ccccn1)(C1CC1)C(=O)N2. The van der Waals surface area contributed by atoms with Gasteiger partial charge in [-0.15, -0.1) is 0 Å². The second-order valence-electron chi connectivity index (χ2n) is 9.11. The van der Waals surface area contributed by atoms with Gasteiger partial charge in [0.2, 0.25) is 5.91 Å². The van der Waals surface area contributed by atoms with Crippen LogP contribution in [0.5, 0.6) is 0 Å². The third kappa shape index (κ3) is 3.55. The maximum Gasteiger partial charge on any atom is 0.389 e. The lowest BCUT2D eigenvalue weighted by atomic mass is 9.74. The fraction of sp³-hybridized carbons (Fsp3) is 0.333. The van der Waals surface area contributed by atoms with Crippen molar-refractivity contribution in [3.63, 3.8) is 0 Å². The lowest BCUT2D eigenvalue weighted by Crippen LogP contribution is -2.39. The van der Waals surface area contributed by atoms with Gasteiger partial charge in [-0.1, -0.05) is 6.07 Å². The van der Waals surface area contributed by atoms with E-state index in [1.807, 2.05) is 12.1 Å². The molecule has 1 fully saturated rings. The number of nitrogen functional groups attached to an aromatic ring is 1. The van der Waals surface area contributed by atoms with Gasteiger partial charge in [0.15, 0.2) is 11.5 Å². The Hall–Kier alpha value is -4.09. The number of anilines is 2. The van der Waals surface area contributed by atoms with Crippen LogP contribution in [0.2, 0.25) is 0 Å². The number of alkyl halides is 3. The maximum absolute atomic E-state index is 13.4. The number of imidazole rings is 1. The molecule has 2 aliphatic rings. The first kappa shape index (κ1) is 22.4. The van der Waals surface area contributed by atoms with Crippen LogP contribution in [0, 0.1) is 5.92 Å². The number of rotatable bonds is 6. The van der Waals surface area contributed by atoms with E-state index in [2.05, 4.69) is 30.2 Å². The minimum Gasteiger partial charge on any atom is -0.383 e. The molecule has 1 aliphatic heterocycles.